The molecule has 6 aromatic rings. The van der Waals surface area contributed by atoms with E-state index in [1.165, 1.54) is 64.3 Å². The molecule has 2 heterocycles. The molecule has 0 saturated heterocycles. The van der Waals surface area contributed by atoms with Crippen molar-refractivity contribution < 1.29 is 0 Å². The summed E-state index contributed by atoms with van der Waals surface area (Å²) in [6.07, 6.45) is 0. The number of rotatable bonds is 2. The summed E-state index contributed by atoms with van der Waals surface area (Å²) in [6.45, 7) is 4.49. The molecule has 0 nitrogen and oxygen atoms in total. The van der Waals surface area contributed by atoms with Crippen molar-refractivity contribution in [3.63, 3.8) is 0 Å². The van der Waals surface area contributed by atoms with Gasteiger partial charge in [-0.2, -0.15) is 0 Å². The van der Waals surface area contributed by atoms with Crippen LogP contribution in [0.15, 0.2) is 71.4 Å². The standard InChI is InChI=1S/C26H18S2/c1-15-13-21(23-5-3-11-27-23)19-10-8-18-16(2)14-22(24-6-4-12-28-24)20-9-7-17(15)25(19)26(18)20/h3-14H,1-2H3. The van der Waals surface area contributed by atoms with Crippen molar-refractivity contribution in [3.05, 3.63) is 82.6 Å². The summed E-state index contributed by atoms with van der Waals surface area (Å²) < 4.78 is 0. The topological polar surface area (TPSA) is 0 Å². The van der Waals surface area contributed by atoms with Crippen molar-refractivity contribution in [1.29, 1.82) is 0 Å². The first-order valence-corrected chi connectivity index (χ1v) is 11.3. The zero-order valence-electron chi connectivity index (χ0n) is 15.7. The maximum atomic E-state index is 2.36. The van der Waals surface area contributed by atoms with Gasteiger partial charge < -0.3 is 0 Å². The Kier molecular flexibility index (Phi) is 3.44. The lowest BCUT2D eigenvalue weighted by atomic mass is 9.86. The summed E-state index contributed by atoms with van der Waals surface area (Å²) in [5, 5.41) is 12.6. The van der Waals surface area contributed by atoms with E-state index < -0.39 is 0 Å². The first-order valence-electron chi connectivity index (χ1n) is 9.52. The van der Waals surface area contributed by atoms with Crippen LogP contribution in [-0.2, 0) is 0 Å². The van der Waals surface area contributed by atoms with E-state index in [0.29, 0.717) is 0 Å². The van der Waals surface area contributed by atoms with Gasteiger partial charge in [0.25, 0.3) is 0 Å². The van der Waals surface area contributed by atoms with Gasteiger partial charge >= 0.3 is 0 Å². The molecule has 0 saturated carbocycles. The van der Waals surface area contributed by atoms with Crippen LogP contribution in [0.1, 0.15) is 11.1 Å². The van der Waals surface area contributed by atoms with E-state index in [-0.39, 0.29) is 0 Å². The van der Waals surface area contributed by atoms with Crippen LogP contribution in [-0.4, -0.2) is 0 Å². The van der Waals surface area contributed by atoms with E-state index >= 15 is 0 Å². The summed E-state index contributed by atoms with van der Waals surface area (Å²) in [6, 6.07) is 22.8. The van der Waals surface area contributed by atoms with Crippen molar-refractivity contribution in [1.82, 2.24) is 0 Å². The van der Waals surface area contributed by atoms with E-state index in [2.05, 4.69) is 85.3 Å². The van der Waals surface area contributed by atoms with Crippen molar-refractivity contribution in [2.45, 2.75) is 13.8 Å². The number of hydrogen-bond acceptors (Lipinski definition) is 2. The number of aryl methyl sites for hydroxylation is 2. The maximum Gasteiger partial charge on any atom is 0.0349 e. The number of benzene rings is 4. The van der Waals surface area contributed by atoms with E-state index in [9.17, 15) is 0 Å². The highest BCUT2D eigenvalue weighted by Crippen LogP contribution is 2.45. The largest absolute Gasteiger partial charge is 0.144 e. The van der Waals surface area contributed by atoms with Crippen LogP contribution in [0.25, 0.3) is 53.2 Å². The van der Waals surface area contributed by atoms with E-state index in [1.54, 1.807) is 0 Å². The number of hydrogen-bond donors (Lipinski definition) is 0. The zero-order valence-corrected chi connectivity index (χ0v) is 17.4. The average Bonchev–Trinajstić information content (AvgIpc) is 3.42. The Hall–Kier alpha value is -2.68. The first kappa shape index (κ1) is 16.3. The Bertz CT molecular complexity index is 1340. The van der Waals surface area contributed by atoms with Gasteiger partial charge in [-0.3, -0.25) is 0 Å². The van der Waals surface area contributed by atoms with Crippen LogP contribution >= 0.6 is 22.7 Å². The predicted molar refractivity (Wildman–Crippen MR) is 126 cm³/mol. The Morgan fingerprint density at radius 1 is 0.536 bits per heavy atom. The molecule has 0 unspecified atom stereocenters. The molecule has 0 amide bonds. The van der Waals surface area contributed by atoms with Gasteiger partial charge in [-0.15, -0.1) is 22.7 Å². The third-order valence-corrected chi connectivity index (χ3v) is 7.69. The van der Waals surface area contributed by atoms with Crippen LogP contribution in [0, 0.1) is 13.8 Å². The molecule has 0 fully saturated rings. The van der Waals surface area contributed by atoms with E-state index in [4.69, 9.17) is 0 Å². The fraction of sp³-hybridized carbons (Fsp3) is 0.0769. The van der Waals surface area contributed by atoms with Gasteiger partial charge in [0.15, 0.2) is 0 Å². The molecule has 0 N–H and O–H groups in total. The van der Waals surface area contributed by atoms with Gasteiger partial charge in [-0.05, 0) is 103 Å². The van der Waals surface area contributed by atoms with Gasteiger partial charge in [0.1, 0.15) is 0 Å². The van der Waals surface area contributed by atoms with Gasteiger partial charge in [0, 0.05) is 9.75 Å². The summed E-state index contributed by atoms with van der Waals surface area (Å²) in [4.78, 5) is 2.69. The minimum Gasteiger partial charge on any atom is -0.144 e. The van der Waals surface area contributed by atoms with Crippen LogP contribution in [0.3, 0.4) is 0 Å². The van der Waals surface area contributed by atoms with Crippen LogP contribution in [0.4, 0.5) is 0 Å². The lowest BCUT2D eigenvalue weighted by molar-refractivity contribution is 1.53. The minimum absolute atomic E-state index is 1.34. The van der Waals surface area contributed by atoms with Crippen molar-refractivity contribution in [3.8, 4) is 20.9 Å². The molecule has 28 heavy (non-hydrogen) atoms. The molecule has 0 aliphatic rings. The molecular formula is C26H18S2. The maximum absolute atomic E-state index is 2.36. The summed E-state index contributed by atoms with van der Waals surface area (Å²) in [5.41, 5.74) is 5.41. The summed E-state index contributed by atoms with van der Waals surface area (Å²) in [7, 11) is 0. The van der Waals surface area contributed by atoms with Gasteiger partial charge in [-0.1, -0.05) is 36.4 Å². The fourth-order valence-electron chi connectivity index (χ4n) is 4.62. The fourth-order valence-corrected chi connectivity index (χ4v) is 6.13. The molecule has 134 valence electrons. The molecule has 0 radical (unpaired) electrons. The average molecular weight is 395 g/mol. The highest BCUT2D eigenvalue weighted by atomic mass is 32.1. The first-order chi connectivity index (χ1) is 13.7. The Balaban J connectivity index is 1.86. The quantitative estimate of drug-likeness (QED) is 0.258. The second-order valence-corrected chi connectivity index (χ2v) is 9.40. The molecule has 6 rings (SSSR count). The number of thiophene rings is 2. The normalized spacial score (nSPS) is 11.9. The van der Waals surface area contributed by atoms with Gasteiger partial charge in [0.05, 0.1) is 0 Å². The van der Waals surface area contributed by atoms with Crippen molar-refractivity contribution >= 4 is 55.0 Å². The van der Waals surface area contributed by atoms with E-state index in [1.807, 2.05) is 22.7 Å². The van der Waals surface area contributed by atoms with Gasteiger partial charge in [-0.25, -0.2) is 0 Å². The predicted octanol–water partition coefficient (Wildman–Crippen LogP) is 8.66. The van der Waals surface area contributed by atoms with Crippen LogP contribution < -0.4 is 0 Å². The third kappa shape index (κ3) is 2.16. The summed E-state index contributed by atoms with van der Waals surface area (Å²) >= 11 is 3.64. The minimum atomic E-state index is 1.34. The third-order valence-electron chi connectivity index (χ3n) is 5.89. The van der Waals surface area contributed by atoms with Gasteiger partial charge in [0.2, 0.25) is 0 Å². The van der Waals surface area contributed by atoms with Crippen molar-refractivity contribution in [2.75, 3.05) is 0 Å². The molecule has 0 atom stereocenters. The van der Waals surface area contributed by atoms with Crippen LogP contribution in [0.5, 0.6) is 0 Å². The Labute approximate surface area is 172 Å². The molecule has 4 aromatic carbocycles. The second-order valence-electron chi connectivity index (χ2n) is 7.51. The molecule has 0 bridgehead atoms. The van der Waals surface area contributed by atoms with Crippen molar-refractivity contribution in [2.24, 2.45) is 0 Å². The Morgan fingerprint density at radius 2 is 0.964 bits per heavy atom. The van der Waals surface area contributed by atoms with Crippen LogP contribution in [0.2, 0.25) is 0 Å². The summed E-state index contributed by atoms with van der Waals surface area (Å²) in [5.74, 6) is 0. The second kappa shape index (κ2) is 5.91. The lowest BCUT2D eigenvalue weighted by Crippen LogP contribution is -1.92. The van der Waals surface area contributed by atoms with E-state index in [0.717, 1.165) is 0 Å². The SMILES string of the molecule is Cc1cc(-c2cccs2)c2ccc3c(C)cc(-c4cccs4)c4ccc1c2c34. The highest BCUT2D eigenvalue weighted by Gasteiger charge is 2.18. The molecule has 0 aliphatic carbocycles. The zero-order chi connectivity index (χ0) is 18.8. The molecular weight excluding hydrogens is 376 g/mol. The monoisotopic (exact) mass is 394 g/mol. The highest BCUT2D eigenvalue weighted by molar-refractivity contribution is 7.14. The molecule has 0 aliphatic heterocycles. The molecule has 2 aromatic heterocycles. The lowest BCUT2D eigenvalue weighted by Gasteiger charge is -2.18. The smallest absolute Gasteiger partial charge is 0.0349 e. The Morgan fingerprint density at radius 3 is 1.36 bits per heavy atom. The molecule has 0 spiro atoms. The molecule has 2 heteroatoms.